The summed E-state index contributed by atoms with van der Waals surface area (Å²) < 4.78 is 0. The lowest BCUT2D eigenvalue weighted by Crippen LogP contribution is -2.33. The fourth-order valence-corrected chi connectivity index (χ4v) is 4.15. The minimum absolute atomic E-state index is 0.00182. The Bertz CT molecular complexity index is 691. The number of rotatable bonds is 2. The van der Waals surface area contributed by atoms with Crippen LogP contribution in [0.5, 0.6) is 0 Å². The van der Waals surface area contributed by atoms with Crippen molar-refractivity contribution in [1.29, 1.82) is 0 Å². The number of carbonyl (C=O) groups is 1. The number of likely N-dealkylation sites (tertiary alicyclic amines) is 2. The molecule has 1 amide bonds. The highest BCUT2D eigenvalue weighted by Crippen LogP contribution is 2.44. The maximum absolute atomic E-state index is 12.6. The van der Waals surface area contributed by atoms with E-state index >= 15 is 0 Å². The van der Waals surface area contributed by atoms with E-state index in [1.165, 1.54) is 5.56 Å². The van der Waals surface area contributed by atoms with Gasteiger partial charge in [0.25, 0.3) is 5.91 Å². The highest BCUT2D eigenvalue weighted by atomic mass is 16.2. The lowest BCUT2D eigenvalue weighted by molar-refractivity contribution is 0.0761. The van der Waals surface area contributed by atoms with Crippen LogP contribution in [0.1, 0.15) is 22.1 Å². The molecule has 0 saturated carbocycles. The van der Waals surface area contributed by atoms with E-state index in [-0.39, 0.29) is 5.91 Å². The first kappa shape index (κ1) is 14.3. The zero-order valence-electron chi connectivity index (χ0n) is 13.2. The summed E-state index contributed by atoms with van der Waals surface area (Å²) in [6, 6.07) is 14.5. The quantitative estimate of drug-likeness (QED) is 0.849. The topological polar surface area (TPSA) is 49.3 Å². The van der Waals surface area contributed by atoms with Gasteiger partial charge in [-0.3, -0.25) is 9.69 Å². The predicted molar refractivity (Wildman–Crippen MR) is 86.7 cm³/mol. The predicted octanol–water partition coefficient (Wildman–Crippen LogP) is 1.85. The third kappa shape index (κ3) is 2.51. The number of benzene rings is 1. The molecule has 1 aromatic heterocycles. The molecule has 3 atom stereocenters. The van der Waals surface area contributed by atoms with Gasteiger partial charge in [-0.2, -0.15) is 5.10 Å². The van der Waals surface area contributed by atoms with E-state index in [1.54, 1.807) is 18.3 Å². The average molecular weight is 308 g/mol. The highest BCUT2D eigenvalue weighted by molar-refractivity contribution is 5.92. The van der Waals surface area contributed by atoms with Gasteiger partial charge in [-0.05, 0) is 30.7 Å². The summed E-state index contributed by atoms with van der Waals surface area (Å²) in [7, 11) is 2.19. The van der Waals surface area contributed by atoms with Gasteiger partial charge in [0, 0.05) is 37.8 Å². The molecule has 2 fully saturated rings. The summed E-state index contributed by atoms with van der Waals surface area (Å²) in [4.78, 5) is 17.0. The van der Waals surface area contributed by atoms with E-state index in [2.05, 4.69) is 52.5 Å². The van der Waals surface area contributed by atoms with Crippen molar-refractivity contribution in [3.05, 3.63) is 59.9 Å². The summed E-state index contributed by atoms with van der Waals surface area (Å²) in [6.45, 7) is 2.65. The van der Waals surface area contributed by atoms with Gasteiger partial charge in [0.15, 0.2) is 5.69 Å². The second kappa shape index (κ2) is 5.74. The van der Waals surface area contributed by atoms with Crippen LogP contribution in [0.15, 0.2) is 48.7 Å². The number of carbonyl (C=O) groups excluding carboxylic acids is 1. The lowest BCUT2D eigenvalue weighted by Gasteiger charge is -2.26. The maximum atomic E-state index is 12.6. The first-order valence-corrected chi connectivity index (χ1v) is 8.06. The Labute approximate surface area is 135 Å². The maximum Gasteiger partial charge on any atom is 0.274 e. The zero-order chi connectivity index (χ0) is 15.8. The Morgan fingerprint density at radius 3 is 2.65 bits per heavy atom. The minimum Gasteiger partial charge on any atom is -0.337 e. The van der Waals surface area contributed by atoms with Crippen LogP contribution in [0, 0.1) is 11.8 Å². The molecular formula is C18H20N4O. The molecule has 5 nitrogen and oxygen atoms in total. The molecule has 0 N–H and O–H groups in total. The Balaban J connectivity index is 1.55. The second-order valence-corrected chi connectivity index (χ2v) is 6.54. The average Bonchev–Trinajstić information content (AvgIpc) is 3.12. The molecule has 2 aliphatic rings. The van der Waals surface area contributed by atoms with Gasteiger partial charge in [-0.25, -0.2) is 0 Å². The SMILES string of the molecule is CN1C[C@H]2CN(C(=O)c3cccnn3)C[C@H]2[C@@H]1c1ccccc1. The van der Waals surface area contributed by atoms with Crippen LogP contribution in [-0.4, -0.2) is 52.6 Å². The van der Waals surface area contributed by atoms with Crippen LogP contribution in [0.25, 0.3) is 0 Å². The summed E-state index contributed by atoms with van der Waals surface area (Å²) in [5.74, 6) is 1.02. The molecule has 5 heteroatoms. The fourth-order valence-electron chi connectivity index (χ4n) is 4.15. The molecule has 118 valence electrons. The monoisotopic (exact) mass is 308 g/mol. The van der Waals surface area contributed by atoms with E-state index in [1.807, 2.05) is 4.90 Å². The van der Waals surface area contributed by atoms with Crippen LogP contribution in [0.3, 0.4) is 0 Å². The Hall–Kier alpha value is -2.27. The van der Waals surface area contributed by atoms with Crippen molar-refractivity contribution in [3.8, 4) is 0 Å². The summed E-state index contributed by atoms with van der Waals surface area (Å²) >= 11 is 0. The number of hydrogen-bond acceptors (Lipinski definition) is 4. The van der Waals surface area contributed by atoms with Crippen molar-refractivity contribution in [3.63, 3.8) is 0 Å². The van der Waals surface area contributed by atoms with Crippen molar-refractivity contribution in [2.24, 2.45) is 11.8 Å². The van der Waals surface area contributed by atoms with Gasteiger partial charge in [0.1, 0.15) is 0 Å². The molecule has 3 heterocycles. The van der Waals surface area contributed by atoms with Crippen LogP contribution < -0.4 is 0 Å². The number of hydrogen-bond donors (Lipinski definition) is 0. The number of amides is 1. The van der Waals surface area contributed by atoms with Crippen LogP contribution in [-0.2, 0) is 0 Å². The van der Waals surface area contributed by atoms with Gasteiger partial charge in [-0.15, -0.1) is 5.10 Å². The van der Waals surface area contributed by atoms with Crippen LogP contribution in [0.2, 0.25) is 0 Å². The summed E-state index contributed by atoms with van der Waals surface area (Å²) in [6.07, 6.45) is 1.59. The highest BCUT2D eigenvalue weighted by Gasteiger charge is 2.47. The molecule has 2 aromatic rings. The molecule has 4 rings (SSSR count). The largest absolute Gasteiger partial charge is 0.337 e. The molecule has 2 saturated heterocycles. The van der Waals surface area contributed by atoms with E-state index in [9.17, 15) is 4.79 Å². The van der Waals surface area contributed by atoms with Crippen molar-refractivity contribution in [2.75, 3.05) is 26.7 Å². The Morgan fingerprint density at radius 2 is 1.91 bits per heavy atom. The number of aromatic nitrogens is 2. The van der Waals surface area contributed by atoms with Crippen molar-refractivity contribution >= 4 is 5.91 Å². The minimum atomic E-state index is 0.00182. The van der Waals surface area contributed by atoms with Crippen LogP contribution in [0.4, 0.5) is 0 Å². The molecule has 0 spiro atoms. The van der Waals surface area contributed by atoms with Gasteiger partial charge in [-0.1, -0.05) is 30.3 Å². The molecule has 0 bridgehead atoms. The molecule has 0 aliphatic carbocycles. The summed E-state index contributed by atoms with van der Waals surface area (Å²) in [5.41, 5.74) is 1.79. The molecule has 0 radical (unpaired) electrons. The molecular weight excluding hydrogens is 288 g/mol. The zero-order valence-corrected chi connectivity index (χ0v) is 13.2. The third-order valence-electron chi connectivity index (χ3n) is 5.11. The van der Waals surface area contributed by atoms with E-state index in [4.69, 9.17) is 0 Å². The van der Waals surface area contributed by atoms with Gasteiger partial charge >= 0.3 is 0 Å². The molecule has 0 unspecified atom stereocenters. The standard InChI is InChI=1S/C18H20N4O/c1-21-10-14-11-22(18(23)16-8-5-9-19-20-16)12-15(14)17(21)13-6-3-2-4-7-13/h2-9,14-15,17H,10-12H2,1H3/t14-,15+,17-/m0/s1. The third-order valence-corrected chi connectivity index (χ3v) is 5.11. The number of fused-ring (bicyclic) bond motifs is 1. The van der Waals surface area contributed by atoms with Gasteiger partial charge in [0.2, 0.25) is 0 Å². The van der Waals surface area contributed by atoms with Crippen LogP contribution >= 0.6 is 0 Å². The first-order valence-electron chi connectivity index (χ1n) is 8.06. The summed E-state index contributed by atoms with van der Waals surface area (Å²) in [5, 5.41) is 7.78. The molecule has 1 aromatic carbocycles. The van der Waals surface area contributed by atoms with Gasteiger partial charge in [0.05, 0.1) is 0 Å². The molecule has 23 heavy (non-hydrogen) atoms. The van der Waals surface area contributed by atoms with Crippen molar-refractivity contribution in [2.45, 2.75) is 6.04 Å². The van der Waals surface area contributed by atoms with E-state index in [0.717, 1.165) is 19.6 Å². The van der Waals surface area contributed by atoms with Crippen molar-refractivity contribution < 1.29 is 4.79 Å². The Kier molecular flexibility index (Phi) is 3.58. The van der Waals surface area contributed by atoms with E-state index in [0.29, 0.717) is 23.6 Å². The smallest absolute Gasteiger partial charge is 0.274 e. The molecule has 2 aliphatic heterocycles. The Morgan fingerprint density at radius 1 is 1.09 bits per heavy atom. The normalized spacial score (nSPS) is 27.2. The fraction of sp³-hybridized carbons (Fsp3) is 0.389. The first-order chi connectivity index (χ1) is 11.2. The lowest BCUT2D eigenvalue weighted by atomic mass is 9.90. The van der Waals surface area contributed by atoms with E-state index < -0.39 is 0 Å². The van der Waals surface area contributed by atoms with Crippen molar-refractivity contribution in [1.82, 2.24) is 20.0 Å². The van der Waals surface area contributed by atoms with Gasteiger partial charge < -0.3 is 4.90 Å². The second-order valence-electron chi connectivity index (χ2n) is 6.54. The number of nitrogens with zero attached hydrogens (tertiary/aromatic N) is 4.